The van der Waals surface area contributed by atoms with E-state index in [0.717, 1.165) is 0 Å². The monoisotopic (exact) mass is 337 g/mol. The molecule has 25 heavy (non-hydrogen) atoms. The molecule has 0 aliphatic carbocycles. The highest BCUT2D eigenvalue weighted by Gasteiger charge is 2.12. The number of tetrazole rings is 1. The van der Waals surface area contributed by atoms with Crippen molar-refractivity contribution in [1.82, 2.24) is 35.2 Å². The molecule has 3 heterocycles. The van der Waals surface area contributed by atoms with Gasteiger partial charge in [0.2, 0.25) is 5.88 Å². The van der Waals surface area contributed by atoms with Gasteiger partial charge in [-0.3, -0.25) is 0 Å². The van der Waals surface area contributed by atoms with Crippen molar-refractivity contribution in [3.05, 3.63) is 54.4 Å². The number of carbonyl (C=O) groups is 1. The van der Waals surface area contributed by atoms with Crippen molar-refractivity contribution in [2.45, 2.75) is 6.54 Å². The van der Waals surface area contributed by atoms with Gasteiger partial charge in [0, 0.05) is 23.2 Å². The van der Waals surface area contributed by atoms with Crippen LogP contribution in [0.2, 0.25) is 0 Å². The fraction of sp³-hybridized carbons (Fsp3) is 0.0667. The van der Waals surface area contributed by atoms with Crippen molar-refractivity contribution in [2.24, 2.45) is 0 Å². The molecular formula is C15H11N7O3. The number of nitrogens with one attached hydrogen (secondary N) is 1. The Morgan fingerprint density at radius 2 is 2.16 bits per heavy atom. The number of hydrogen-bond donors (Lipinski definition) is 2. The number of benzene rings is 1. The maximum absolute atomic E-state index is 11.2. The molecule has 10 nitrogen and oxygen atoms in total. The third-order valence-electron chi connectivity index (χ3n) is 3.50. The summed E-state index contributed by atoms with van der Waals surface area (Å²) in [5.41, 5.74) is 1.54. The predicted molar refractivity (Wildman–Crippen MR) is 84.3 cm³/mol. The largest absolute Gasteiger partial charge is 0.478 e. The average Bonchev–Trinajstić information content (AvgIpc) is 3.24. The van der Waals surface area contributed by atoms with Gasteiger partial charge in [-0.15, -0.1) is 10.2 Å². The molecule has 2 N–H and O–H groups in total. The summed E-state index contributed by atoms with van der Waals surface area (Å²) in [5, 5.41) is 21.1. The van der Waals surface area contributed by atoms with Gasteiger partial charge in [0.05, 0.1) is 11.3 Å². The number of aromatic carboxylic acids is 1. The fourth-order valence-electron chi connectivity index (χ4n) is 2.39. The number of ether oxygens (including phenoxy) is 1. The number of aromatic amines is 1. The Labute approximate surface area is 140 Å². The number of H-pyrrole nitrogens is 1. The molecule has 0 atom stereocenters. The van der Waals surface area contributed by atoms with Gasteiger partial charge in [0.1, 0.15) is 18.6 Å². The second kappa shape index (κ2) is 6.00. The van der Waals surface area contributed by atoms with Gasteiger partial charge in [-0.25, -0.2) is 14.8 Å². The standard InChI is InChI=1S/C15H11N7O3/c23-15(24)12-5-16-13-2-1-10(4-11(12)13)25-14-3-9(17-7-18-14)6-22-20-8-19-21-22/h1-5,7-8,16H,6H2,(H,23,24). The number of carboxylic acid groups (broad SMARTS) is 1. The van der Waals surface area contributed by atoms with E-state index in [1.807, 2.05) is 0 Å². The van der Waals surface area contributed by atoms with Gasteiger partial charge in [0.25, 0.3) is 0 Å². The Balaban J connectivity index is 1.60. The lowest BCUT2D eigenvalue weighted by atomic mass is 10.1. The Morgan fingerprint density at radius 1 is 1.24 bits per heavy atom. The Kier molecular flexibility index (Phi) is 3.54. The van der Waals surface area contributed by atoms with E-state index in [9.17, 15) is 9.90 Å². The molecule has 10 heteroatoms. The van der Waals surface area contributed by atoms with E-state index < -0.39 is 5.97 Å². The van der Waals surface area contributed by atoms with Crippen molar-refractivity contribution < 1.29 is 14.6 Å². The van der Waals surface area contributed by atoms with Gasteiger partial charge in [0.15, 0.2) is 6.33 Å². The third kappa shape index (κ3) is 3.00. The molecule has 0 radical (unpaired) electrons. The van der Waals surface area contributed by atoms with Crippen LogP contribution in [0.3, 0.4) is 0 Å². The van der Waals surface area contributed by atoms with Crippen molar-refractivity contribution in [3.8, 4) is 11.6 Å². The maximum Gasteiger partial charge on any atom is 0.337 e. The van der Waals surface area contributed by atoms with Crippen LogP contribution in [0, 0.1) is 0 Å². The van der Waals surface area contributed by atoms with E-state index in [4.69, 9.17) is 4.74 Å². The zero-order chi connectivity index (χ0) is 17.2. The lowest BCUT2D eigenvalue weighted by Gasteiger charge is -2.06. The van der Waals surface area contributed by atoms with E-state index in [1.165, 1.54) is 23.6 Å². The molecule has 3 aromatic heterocycles. The highest BCUT2D eigenvalue weighted by Crippen LogP contribution is 2.26. The van der Waals surface area contributed by atoms with E-state index in [-0.39, 0.29) is 5.56 Å². The summed E-state index contributed by atoms with van der Waals surface area (Å²) in [6.45, 7) is 0.332. The minimum Gasteiger partial charge on any atom is -0.478 e. The van der Waals surface area contributed by atoms with E-state index in [1.54, 1.807) is 24.3 Å². The van der Waals surface area contributed by atoms with Crippen molar-refractivity contribution >= 4 is 16.9 Å². The van der Waals surface area contributed by atoms with Gasteiger partial charge in [-0.1, -0.05) is 0 Å². The minimum atomic E-state index is -1.01. The molecule has 0 aliphatic heterocycles. The van der Waals surface area contributed by atoms with Gasteiger partial charge < -0.3 is 14.8 Å². The van der Waals surface area contributed by atoms with Crippen LogP contribution in [0.4, 0.5) is 0 Å². The number of rotatable bonds is 5. The average molecular weight is 337 g/mol. The lowest BCUT2D eigenvalue weighted by molar-refractivity contribution is 0.0699. The Morgan fingerprint density at radius 3 is 2.96 bits per heavy atom. The van der Waals surface area contributed by atoms with E-state index >= 15 is 0 Å². The topological polar surface area (TPSA) is 132 Å². The Bertz CT molecular complexity index is 1040. The molecule has 0 aliphatic rings. The quantitative estimate of drug-likeness (QED) is 0.560. The van der Waals surface area contributed by atoms with Gasteiger partial charge in [-0.2, -0.15) is 4.80 Å². The smallest absolute Gasteiger partial charge is 0.337 e. The van der Waals surface area contributed by atoms with E-state index in [2.05, 4.69) is 30.4 Å². The summed E-state index contributed by atoms with van der Waals surface area (Å²) in [6, 6.07) is 6.78. The van der Waals surface area contributed by atoms with Crippen LogP contribution in [0.1, 0.15) is 16.1 Å². The number of aromatic nitrogens is 7. The normalized spacial score (nSPS) is 10.9. The first-order valence-electron chi connectivity index (χ1n) is 7.23. The molecule has 0 saturated carbocycles. The summed E-state index contributed by atoms with van der Waals surface area (Å²) in [5.74, 6) is -0.205. The second-order valence-corrected chi connectivity index (χ2v) is 5.13. The fourth-order valence-corrected chi connectivity index (χ4v) is 2.39. The van der Waals surface area contributed by atoms with Crippen molar-refractivity contribution in [2.75, 3.05) is 0 Å². The first-order valence-corrected chi connectivity index (χ1v) is 7.23. The number of fused-ring (bicyclic) bond motifs is 1. The van der Waals surface area contributed by atoms with Crippen LogP contribution in [0.5, 0.6) is 11.6 Å². The molecule has 0 fully saturated rings. The van der Waals surface area contributed by atoms with E-state index in [0.29, 0.717) is 34.8 Å². The van der Waals surface area contributed by atoms with Crippen LogP contribution in [-0.4, -0.2) is 46.2 Å². The SMILES string of the molecule is O=C(O)c1c[nH]c2ccc(Oc3cc(Cn4ncnn4)ncn3)cc12. The molecule has 0 amide bonds. The molecule has 0 saturated heterocycles. The lowest BCUT2D eigenvalue weighted by Crippen LogP contribution is -2.06. The van der Waals surface area contributed by atoms with Crippen molar-refractivity contribution in [1.29, 1.82) is 0 Å². The summed E-state index contributed by atoms with van der Waals surface area (Å²) in [4.78, 5) is 23.7. The highest BCUT2D eigenvalue weighted by molar-refractivity contribution is 6.03. The zero-order valence-electron chi connectivity index (χ0n) is 12.7. The molecular weight excluding hydrogens is 326 g/mol. The van der Waals surface area contributed by atoms with Crippen LogP contribution < -0.4 is 4.74 Å². The molecule has 4 rings (SSSR count). The number of carboxylic acids is 1. The van der Waals surface area contributed by atoms with Crippen LogP contribution in [0.25, 0.3) is 10.9 Å². The molecule has 1 aromatic carbocycles. The van der Waals surface area contributed by atoms with Crippen LogP contribution in [-0.2, 0) is 6.54 Å². The van der Waals surface area contributed by atoms with Crippen molar-refractivity contribution in [3.63, 3.8) is 0 Å². The molecule has 0 spiro atoms. The van der Waals surface area contributed by atoms with Crippen LogP contribution >= 0.6 is 0 Å². The van der Waals surface area contributed by atoms with Crippen LogP contribution in [0.15, 0.2) is 43.1 Å². The van der Waals surface area contributed by atoms with Gasteiger partial charge in [-0.05, 0) is 23.4 Å². The predicted octanol–water partition coefficient (Wildman–Crippen LogP) is 1.48. The summed E-state index contributed by atoms with van der Waals surface area (Å²) < 4.78 is 5.73. The summed E-state index contributed by atoms with van der Waals surface area (Å²) in [7, 11) is 0. The Hall–Kier alpha value is -3.82. The first kappa shape index (κ1) is 14.8. The van der Waals surface area contributed by atoms with Gasteiger partial charge >= 0.3 is 5.97 Å². The third-order valence-corrected chi connectivity index (χ3v) is 3.50. The molecule has 124 valence electrons. The summed E-state index contributed by atoms with van der Waals surface area (Å²) >= 11 is 0. The first-order chi connectivity index (χ1) is 12.2. The number of nitrogens with zero attached hydrogens (tertiary/aromatic N) is 6. The zero-order valence-corrected chi connectivity index (χ0v) is 12.7. The highest BCUT2D eigenvalue weighted by atomic mass is 16.5. The summed E-state index contributed by atoms with van der Waals surface area (Å²) in [6.07, 6.45) is 4.16. The molecule has 4 aromatic rings. The molecule has 0 unspecified atom stereocenters. The second-order valence-electron chi connectivity index (χ2n) is 5.13. The number of hydrogen-bond acceptors (Lipinski definition) is 7. The maximum atomic E-state index is 11.2. The molecule has 0 bridgehead atoms. The minimum absolute atomic E-state index is 0.182.